The molecule has 10 heteroatoms. The largest absolute Gasteiger partial charge is 0.416 e. The summed E-state index contributed by atoms with van der Waals surface area (Å²) >= 11 is 0.997. The first-order valence-electron chi connectivity index (χ1n) is 7.03. The predicted molar refractivity (Wildman–Crippen MR) is 87.8 cm³/mol. The minimum atomic E-state index is -4.90. The summed E-state index contributed by atoms with van der Waals surface area (Å²) in [6.07, 6.45) is -8.46. The lowest BCUT2D eigenvalue weighted by Gasteiger charge is -2.17. The van der Waals surface area contributed by atoms with Crippen LogP contribution in [-0.2, 0) is 12.4 Å². The summed E-state index contributed by atoms with van der Waals surface area (Å²) in [5.74, 6) is 0.0609. The molecule has 1 aromatic carbocycles. The van der Waals surface area contributed by atoms with Crippen molar-refractivity contribution in [3.8, 4) is 0 Å². The Morgan fingerprint density at radius 1 is 1.08 bits per heavy atom. The van der Waals surface area contributed by atoms with Crippen molar-refractivity contribution in [1.82, 2.24) is 0 Å². The lowest BCUT2D eigenvalue weighted by Crippen LogP contribution is -2.12. The van der Waals surface area contributed by atoms with Crippen molar-refractivity contribution in [3.05, 3.63) is 40.5 Å². The van der Waals surface area contributed by atoms with Crippen LogP contribution in [0.15, 0.2) is 28.8 Å². The Morgan fingerprint density at radius 3 is 2.00 bits per heavy atom. The lowest BCUT2D eigenvalue weighted by molar-refractivity contribution is -0.143. The van der Waals surface area contributed by atoms with E-state index in [4.69, 9.17) is 11.5 Å². The van der Waals surface area contributed by atoms with Crippen LogP contribution in [0.3, 0.4) is 0 Å². The SMILES string of the molecule is C/C(CCN)=C(/SC/N=C/N)c1cc(C(F)(F)F)cc(C(F)(F)F)c1. The van der Waals surface area contributed by atoms with Crippen LogP contribution in [0, 0.1) is 0 Å². The zero-order valence-electron chi connectivity index (χ0n) is 13.2. The second kappa shape index (κ2) is 8.61. The number of thioether (sulfide) groups is 1. The molecule has 0 amide bonds. The van der Waals surface area contributed by atoms with E-state index in [0.29, 0.717) is 24.1 Å². The Kier molecular flexibility index (Phi) is 7.36. The maximum Gasteiger partial charge on any atom is 0.416 e. The summed E-state index contributed by atoms with van der Waals surface area (Å²) in [7, 11) is 0. The quantitative estimate of drug-likeness (QED) is 0.431. The molecule has 3 nitrogen and oxygen atoms in total. The van der Waals surface area contributed by atoms with Gasteiger partial charge >= 0.3 is 12.4 Å². The summed E-state index contributed by atoms with van der Waals surface area (Å²) in [6, 6.07) is 1.50. The summed E-state index contributed by atoms with van der Waals surface area (Å²) in [5, 5.41) is 0. The van der Waals surface area contributed by atoms with Gasteiger partial charge < -0.3 is 11.5 Å². The summed E-state index contributed by atoms with van der Waals surface area (Å²) < 4.78 is 78.0. The van der Waals surface area contributed by atoms with E-state index in [1.165, 1.54) is 0 Å². The summed E-state index contributed by atoms with van der Waals surface area (Å²) in [6.45, 7) is 1.82. The van der Waals surface area contributed by atoms with Crippen LogP contribution in [0.4, 0.5) is 26.3 Å². The van der Waals surface area contributed by atoms with Crippen LogP contribution in [0.1, 0.15) is 30.0 Å². The van der Waals surface area contributed by atoms with Crippen LogP contribution in [0.2, 0.25) is 0 Å². The minimum absolute atomic E-state index is 0.0609. The van der Waals surface area contributed by atoms with E-state index in [0.717, 1.165) is 18.1 Å². The molecule has 1 aromatic rings. The first-order chi connectivity index (χ1) is 11.5. The number of nitrogens with zero attached hydrogens (tertiary/aromatic N) is 1. The number of nitrogens with two attached hydrogens (primary N) is 2. The van der Waals surface area contributed by atoms with Crippen LogP contribution < -0.4 is 11.5 Å². The summed E-state index contributed by atoms with van der Waals surface area (Å²) in [5.41, 5.74) is 8.23. The minimum Gasteiger partial charge on any atom is -0.390 e. The number of hydrogen-bond acceptors (Lipinski definition) is 3. The van der Waals surface area contributed by atoms with Gasteiger partial charge in [0.15, 0.2) is 0 Å². The molecule has 0 saturated heterocycles. The van der Waals surface area contributed by atoms with Crippen LogP contribution in [0.5, 0.6) is 0 Å². The van der Waals surface area contributed by atoms with Gasteiger partial charge in [-0.25, -0.2) is 0 Å². The highest BCUT2D eigenvalue weighted by molar-refractivity contribution is 8.08. The normalized spacial score (nSPS) is 14.1. The maximum atomic E-state index is 13.0. The van der Waals surface area contributed by atoms with E-state index in [-0.39, 0.29) is 29.0 Å². The highest BCUT2D eigenvalue weighted by Gasteiger charge is 2.37. The van der Waals surface area contributed by atoms with Gasteiger partial charge in [-0.2, -0.15) is 26.3 Å². The van der Waals surface area contributed by atoms with E-state index in [9.17, 15) is 26.3 Å². The van der Waals surface area contributed by atoms with Gasteiger partial charge in [0.05, 0.1) is 23.3 Å². The lowest BCUT2D eigenvalue weighted by atomic mass is 10.0. The molecule has 0 radical (unpaired) electrons. The van der Waals surface area contributed by atoms with Crippen molar-refractivity contribution in [2.75, 3.05) is 12.4 Å². The molecule has 0 bridgehead atoms. The molecule has 0 aliphatic heterocycles. The maximum absolute atomic E-state index is 13.0. The monoisotopic (exact) mass is 385 g/mol. The molecule has 25 heavy (non-hydrogen) atoms. The first-order valence-corrected chi connectivity index (χ1v) is 8.01. The van der Waals surface area contributed by atoms with Crippen molar-refractivity contribution in [3.63, 3.8) is 0 Å². The van der Waals surface area contributed by atoms with Crippen LogP contribution in [0.25, 0.3) is 4.91 Å². The van der Waals surface area contributed by atoms with E-state index >= 15 is 0 Å². The van der Waals surface area contributed by atoms with Crippen molar-refractivity contribution in [1.29, 1.82) is 0 Å². The van der Waals surface area contributed by atoms with Gasteiger partial charge in [-0.05, 0) is 43.7 Å². The highest BCUT2D eigenvalue weighted by Crippen LogP contribution is 2.40. The third-order valence-corrected chi connectivity index (χ3v) is 4.30. The average Bonchev–Trinajstić information content (AvgIpc) is 2.49. The Bertz CT molecular complexity index is 617. The fraction of sp³-hybridized carbons (Fsp3) is 0.400. The molecule has 0 atom stereocenters. The van der Waals surface area contributed by atoms with Crippen LogP contribution in [-0.4, -0.2) is 18.8 Å². The molecule has 0 unspecified atom stereocenters. The van der Waals surface area contributed by atoms with Crippen molar-refractivity contribution in [2.45, 2.75) is 25.7 Å². The smallest absolute Gasteiger partial charge is 0.390 e. The first kappa shape index (κ1) is 21.4. The molecule has 140 valence electrons. The van der Waals surface area contributed by atoms with Crippen molar-refractivity contribution in [2.24, 2.45) is 16.5 Å². The molecule has 0 aliphatic rings. The van der Waals surface area contributed by atoms with Crippen LogP contribution >= 0.6 is 11.8 Å². The molecular weight excluding hydrogens is 368 g/mol. The molecule has 4 N–H and O–H groups in total. The summed E-state index contributed by atoms with van der Waals surface area (Å²) in [4.78, 5) is 4.00. The molecule has 0 spiro atoms. The number of hydrogen-bond donors (Lipinski definition) is 2. The second-order valence-corrected chi connectivity index (χ2v) is 6.00. The number of aliphatic imine (C=N–C) groups is 1. The zero-order valence-corrected chi connectivity index (χ0v) is 14.0. The van der Waals surface area contributed by atoms with Gasteiger partial charge in [0, 0.05) is 4.91 Å². The Balaban J connectivity index is 3.54. The van der Waals surface area contributed by atoms with Crippen molar-refractivity contribution >= 4 is 23.0 Å². The fourth-order valence-electron chi connectivity index (χ4n) is 2.01. The van der Waals surface area contributed by atoms with E-state index in [2.05, 4.69) is 4.99 Å². The van der Waals surface area contributed by atoms with Crippen molar-refractivity contribution < 1.29 is 26.3 Å². The third kappa shape index (κ3) is 6.28. The number of alkyl halides is 6. The number of benzene rings is 1. The number of halogens is 6. The highest BCUT2D eigenvalue weighted by atomic mass is 32.2. The molecule has 0 aromatic heterocycles. The second-order valence-electron chi connectivity index (χ2n) is 5.05. The average molecular weight is 385 g/mol. The van der Waals surface area contributed by atoms with E-state index in [1.807, 2.05) is 0 Å². The Labute approximate surface area is 145 Å². The molecule has 0 heterocycles. The molecular formula is C15H17F6N3S. The molecule has 0 saturated carbocycles. The van der Waals surface area contributed by atoms with Gasteiger partial charge in [0.1, 0.15) is 0 Å². The van der Waals surface area contributed by atoms with Gasteiger partial charge in [-0.15, -0.1) is 11.8 Å². The Morgan fingerprint density at radius 2 is 1.60 bits per heavy atom. The number of rotatable bonds is 6. The van der Waals surface area contributed by atoms with Gasteiger partial charge in [-0.1, -0.05) is 5.57 Å². The third-order valence-electron chi connectivity index (χ3n) is 3.15. The van der Waals surface area contributed by atoms with Gasteiger partial charge in [0.25, 0.3) is 0 Å². The predicted octanol–water partition coefficient (Wildman–Crippen LogP) is 4.48. The topological polar surface area (TPSA) is 64.4 Å². The van der Waals surface area contributed by atoms with E-state index < -0.39 is 23.5 Å². The standard InChI is InChI=1S/C15H17F6N3S/c1-9(2-3-22)13(25-8-24-7-23)10-4-11(14(16,17)18)6-12(5-10)15(19,20)21/h4-7H,2-3,8,22H2,1H3,(H2,23,24)/b13-9-. The van der Waals surface area contributed by atoms with Gasteiger partial charge in [0.2, 0.25) is 0 Å². The zero-order chi connectivity index (χ0) is 19.3. The van der Waals surface area contributed by atoms with E-state index in [1.54, 1.807) is 6.92 Å². The molecule has 1 rings (SSSR count). The van der Waals surface area contributed by atoms with Gasteiger partial charge in [-0.3, -0.25) is 4.99 Å². The molecule has 0 fully saturated rings. The fourth-order valence-corrected chi connectivity index (χ4v) is 2.94. The molecule has 0 aliphatic carbocycles. The Hall–Kier alpha value is -1.68.